The van der Waals surface area contributed by atoms with Gasteiger partial charge >= 0.3 is 0 Å². The van der Waals surface area contributed by atoms with Gasteiger partial charge in [-0.05, 0) is 43.2 Å². The van der Waals surface area contributed by atoms with Crippen molar-refractivity contribution in [3.63, 3.8) is 0 Å². The van der Waals surface area contributed by atoms with Crippen LogP contribution in [0.15, 0.2) is 55.0 Å². The van der Waals surface area contributed by atoms with E-state index in [1.54, 1.807) is 24.5 Å². The second-order valence-corrected chi connectivity index (χ2v) is 10.4. The Morgan fingerprint density at radius 1 is 1.10 bits per heavy atom. The van der Waals surface area contributed by atoms with Gasteiger partial charge in [0.2, 0.25) is 17.8 Å². The van der Waals surface area contributed by atoms with E-state index in [1.165, 1.54) is 11.0 Å². The number of nitrogens with zero attached hydrogens (tertiary/aromatic N) is 5. The van der Waals surface area contributed by atoms with E-state index in [4.69, 9.17) is 17.3 Å². The second kappa shape index (κ2) is 12.4. The zero-order chi connectivity index (χ0) is 29.0. The highest BCUT2D eigenvalue weighted by Gasteiger charge is 2.22. The lowest BCUT2D eigenvalue weighted by molar-refractivity contribution is -0.138. The average molecular weight is 566 g/mol. The third-order valence-corrected chi connectivity index (χ3v) is 6.92. The van der Waals surface area contributed by atoms with Crippen LogP contribution in [0.4, 0.5) is 10.3 Å². The Bertz CT molecular complexity index is 1520. The number of nitrogens with one attached hydrogen (secondary N) is 1. The number of fused-ring (bicyclic) bond motifs is 1. The van der Waals surface area contributed by atoms with Crippen LogP contribution in [0.3, 0.4) is 0 Å². The minimum atomic E-state index is -0.572. The fourth-order valence-electron chi connectivity index (χ4n) is 4.43. The Labute approximate surface area is 237 Å². The number of anilines is 1. The molecule has 9 nitrogen and oxygen atoms in total. The van der Waals surface area contributed by atoms with E-state index in [-0.39, 0.29) is 42.2 Å². The topological polar surface area (TPSA) is 109 Å². The molecular formula is C29H33ClFN7O2. The fourth-order valence-corrected chi connectivity index (χ4v) is 4.62. The first-order valence-corrected chi connectivity index (χ1v) is 13.3. The fraction of sp³-hybridized carbons (Fsp3) is 0.310. The Kier molecular flexibility index (Phi) is 9.01. The maximum absolute atomic E-state index is 14.2. The molecule has 0 unspecified atom stereocenters. The van der Waals surface area contributed by atoms with Crippen LogP contribution in [0.25, 0.3) is 22.0 Å². The van der Waals surface area contributed by atoms with Crippen molar-refractivity contribution in [2.75, 3.05) is 25.5 Å². The highest BCUT2D eigenvalue weighted by atomic mass is 35.5. The Hall–Kier alpha value is -4.02. The molecule has 40 heavy (non-hydrogen) atoms. The molecule has 210 valence electrons. The third-order valence-electron chi connectivity index (χ3n) is 6.63. The van der Waals surface area contributed by atoms with Crippen LogP contribution in [0.5, 0.6) is 0 Å². The lowest BCUT2D eigenvalue weighted by Crippen LogP contribution is -2.45. The van der Waals surface area contributed by atoms with Gasteiger partial charge in [-0.1, -0.05) is 29.8 Å². The number of nitrogens with two attached hydrogens (primary N) is 1. The Morgan fingerprint density at radius 2 is 1.82 bits per heavy atom. The standard InChI is InChI=1S/C29H33ClFN7O2/c1-18(2)38(16-26(39)33-12-20-6-5-7-24(30)28(20)31)27(40)17-37-15-21(11-32)23-10-19(8-9-25(23)37)22-13-34-29(35-14-22)36(3)4/h5-10,13-15,18H,11-12,16-17,32H2,1-4H3,(H,33,39). The van der Waals surface area contributed by atoms with Crippen molar-refractivity contribution in [2.45, 2.75) is 39.5 Å². The molecule has 2 amide bonds. The van der Waals surface area contributed by atoms with E-state index in [0.717, 1.165) is 27.6 Å². The summed E-state index contributed by atoms with van der Waals surface area (Å²) < 4.78 is 16.0. The highest BCUT2D eigenvalue weighted by Crippen LogP contribution is 2.28. The number of amides is 2. The number of hydrogen-bond donors (Lipinski definition) is 2. The lowest BCUT2D eigenvalue weighted by atomic mass is 10.1. The van der Waals surface area contributed by atoms with Gasteiger partial charge in [0.25, 0.3) is 0 Å². The van der Waals surface area contributed by atoms with Crippen molar-refractivity contribution in [1.82, 2.24) is 24.8 Å². The van der Waals surface area contributed by atoms with Crippen LogP contribution < -0.4 is 16.0 Å². The average Bonchev–Trinajstić information content (AvgIpc) is 3.28. The minimum absolute atomic E-state index is 0.00998. The molecule has 0 bridgehead atoms. The molecule has 0 radical (unpaired) electrons. The molecule has 0 saturated heterocycles. The highest BCUT2D eigenvalue weighted by molar-refractivity contribution is 6.30. The number of carbonyl (C=O) groups is 2. The molecule has 4 aromatic rings. The van der Waals surface area contributed by atoms with Crippen LogP contribution in [0.2, 0.25) is 5.02 Å². The van der Waals surface area contributed by atoms with Crippen LogP contribution in [-0.2, 0) is 29.2 Å². The molecular weight excluding hydrogens is 533 g/mol. The first-order valence-electron chi connectivity index (χ1n) is 12.9. The van der Waals surface area contributed by atoms with E-state index in [0.29, 0.717) is 12.5 Å². The van der Waals surface area contributed by atoms with Crippen LogP contribution in [-0.4, -0.2) is 57.9 Å². The van der Waals surface area contributed by atoms with Gasteiger partial charge in [-0.25, -0.2) is 14.4 Å². The largest absolute Gasteiger partial charge is 0.350 e. The quantitative estimate of drug-likeness (QED) is 0.301. The maximum Gasteiger partial charge on any atom is 0.243 e. The molecule has 0 spiro atoms. The molecule has 0 aliphatic heterocycles. The molecule has 3 N–H and O–H groups in total. The number of halogens is 2. The first-order chi connectivity index (χ1) is 19.1. The number of hydrogen-bond acceptors (Lipinski definition) is 6. The van der Waals surface area contributed by atoms with Gasteiger partial charge in [0.1, 0.15) is 12.4 Å². The molecule has 4 rings (SSSR count). The smallest absolute Gasteiger partial charge is 0.243 e. The van der Waals surface area contributed by atoms with Crippen molar-refractivity contribution >= 4 is 40.3 Å². The van der Waals surface area contributed by atoms with E-state index in [2.05, 4.69) is 15.3 Å². The van der Waals surface area contributed by atoms with Crippen molar-refractivity contribution < 1.29 is 14.0 Å². The Morgan fingerprint density at radius 3 is 2.48 bits per heavy atom. The SMILES string of the molecule is CC(C)N(CC(=O)NCc1cccc(Cl)c1F)C(=O)Cn1cc(CN)c2cc(-c3cnc(N(C)C)nc3)ccc21. The molecule has 0 saturated carbocycles. The molecule has 0 aliphatic carbocycles. The monoisotopic (exact) mass is 565 g/mol. The number of aromatic nitrogens is 3. The summed E-state index contributed by atoms with van der Waals surface area (Å²) in [6.07, 6.45) is 5.43. The van der Waals surface area contributed by atoms with Gasteiger partial charge in [-0.2, -0.15) is 0 Å². The molecule has 11 heteroatoms. The first kappa shape index (κ1) is 29.0. The summed E-state index contributed by atoms with van der Waals surface area (Å²) in [5, 5.41) is 3.60. The molecule has 0 atom stereocenters. The zero-order valence-electron chi connectivity index (χ0n) is 23.0. The molecule has 0 fully saturated rings. The van der Waals surface area contributed by atoms with Crippen molar-refractivity contribution in [1.29, 1.82) is 0 Å². The number of rotatable bonds is 10. The lowest BCUT2D eigenvalue weighted by Gasteiger charge is -2.26. The van der Waals surface area contributed by atoms with E-state index >= 15 is 0 Å². The van der Waals surface area contributed by atoms with Crippen LogP contribution in [0.1, 0.15) is 25.0 Å². The normalized spacial score (nSPS) is 11.2. The van der Waals surface area contributed by atoms with Crippen LogP contribution in [0, 0.1) is 5.82 Å². The summed E-state index contributed by atoms with van der Waals surface area (Å²) in [7, 11) is 3.77. The summed E-state index contributed by atoms with van der Waals surface area (Å²) in [4.78, 5) is 38.2. The van der Waals surface area contributed by atoms with Crippen molar-refractivity contribution in [2.24, 2.45) is 5.73 Å². The summed E-state index contributed by atoms with van der Waals surface area (Å²) >= 11 is 5.83. The Balaban J connectivity index is 1.50. The summed E-state index contributed by atoms with van der Waals surface area (Å²) in [5.74, 6) is -0.570. The second-order valence-electron chi connectivity index (χ2n) is 9.99. The van der Waals surface area contributed by atoms with Crippen molar-refractivity contribution in [3.05, 3.63) is 77.0 Å². The molecule has 2 aromatic heterocycles. The van der Waals surface area contributed by atoms with E-state index < -0.39 is 11.7 Å². The minimum Gasteiger partial charge on any atom is -0.350 e. The van der Waals surface area contributed by atoms with Gasteiger partial charge in [-0.15, -0.1) is 0 Å². The van der Waals surface area contributed by atoms with Gasteiger partial charge in [0.05, 0.1) is 11.6 Å². The molecule has 0 aliphatic rings. The molecule has 2 aromatic carbocycles. The predicted molar refractivity (Wildman–Crippen MR) is 155 cm³/mol. The van der Waals surface area contributed by atoms with Gasteiger partial charge in [0.15, 0.2) is 0 Å². The predicted octanol–water partition coefficient (Wildman–Crippen LogP) is 3.97. The summed E-state index contributed by atoms with van der Waals surface area (Å²) in [6.45, 7) is 3.83. The van der Waals surface area contributed by atoms with Gasteiger partial charge in [0, 0.05) is 73.8 Å². The van der Waals surface area contributed by atoms with Gasteiger partial charge < -0.3 is 25.4 Å². The summed E-state index contributed by atoms with van der Waals surface area (Å²) in [5.41, 5.74) is 9.88. The van der Waals surface area contributed by atoms with Crippen molar-refractivity contribution in [3.8, 4) is 11.1 Å². The number of carbonyl (C=O) groups excluding carboxylic acids is 2. The third kappa shape index (κ3) is 6.40. The van der Waals surface area contributed by atoms with Crippen LogP contribution >= 0.6 is 11.6 Å². The van der Waals surface area contributed by atoms with Gasteiger partial charge in [-0.3, -0.25) is 9.59 Å². The van der Waals surface area contributed by atoms with E-state index in [1.807, 2.05) is 61.8 Å². The number of benzene rings is 2. The molecule has 2 heterocycles. The summed E-state index contributed by atoms with van der Waals surface area (Å²) in [6, 6.07) is 10.3. The maximum atomic E-state index is 14.2. The zero-order valence-corrected chi connectivity index (χ0v) is 23.7. The van der Waals surface area contributed by atoms with E-state index in [9.17, 15) is 14.0 Å².